The summed E-state index contributed by atoms with van der Waals surface area (Å²) in [6.45, 7) is 0. The summed E-state index contributed by atoms with van der Waals surface area (Å²) in [5.74, 6) is 0. The van der Waals surface area contributed by atoms with Gasteiger partial charge in [0, 0.05) is 0 Å². The first-order valence-corrected chi connectivity index (χ1v) is 6.20. The zero-order chi connectivity index (χ0) is 28.6. The van der Waals surface area contributed by atoms with Gasteiger partial charge in [-0.1, -0.05) is 0 Å². The van der Waals surface area contributed by atoms with Gasteiger partial charge in [0.2, 0.25) is 0 Å². The second-order valence-corrected chi connectivity index (χ2v) is 2.77. The first-order chi connectivity index (χ1) is 13.9. The molecule has 24 nitrogen and oxygen atoms in total. The molecule has 0 aromatic heterocycles. The molecule has 0 radical (unpaired) electrons. The fraction of sp³-hybridized carbons (Fsp3) is 0. The summed E-state index contributed by atoms with van der Waals surface area (Å²) < 4.78 is 0. The van der Waals surface area contributed by atoms with Crippen molar-refractivity contribution in [2.45, 2.75) is 0 Å². The van der Waals surface area contributed by atoms with Gasteiger partial charge in [0.1, 0.15) is 0 Å². The van der Waals surface area contributed by atoms with Crippen LogP contribution in [0.2, 0.25) is 0 Å². The fourth-order valence-electron chi connectivity index (χ4n) is 0. The van der Waals surface area contributed by atoms with Crippen LogP contribution in [0.5, 0.6) is 0 Å². The van der Waals surface area contributed by atoms with Gasteiger partial charge < -0.3 is 122 Å². The molecule has 0 amide bonds. The van der Waals surface area contributed by atoms with Gasteiger partial charge in [-0.3, -0.25) is 0 Å². The molecule has 0 heterocycles. The van der Waals surface area contributed by atoms with E-state index in [1.807, 2.05) is 0 Å². The summed E-state index contributed by atoms with van der Waals surface area (Å²) in [4.78, 5) is 0. The Morgan fingerprint density at radius 1 is 0.171 bits per heavy atom. The predicted octanol–water partition coefficient (Wildman–Crippen LogP) is -14.7. The maximum Gasteiger partial charge on any atom is 1.00 e. The molecular formula is H33B8Br8LiO24. The van der Waals surface area contributed by atoms with Crippen molar-refractivity contribution < 1.29 is 141 Å². The zero-order valence-corrected chi connectivity index (χ0v) is 33.3. The monoisotopic (exact) mass is 1140 g/mol. The van der Waals surface area contributed by atoms with Gasteiger partial charge >= 0.3 is 77.4 Å². The van der Waals surface area contributed by atoms with Crippen molar-refractivity contribution in [1.29, 1.82) is 0 Å². The van der Waals surface area contributed by atoms with Crippen molar-refractivity contribution in [3.63, 3.8) is 0 Å². The average molecular weight is 1150 g/mol. The van der Waals surface area contributed by atoms with Gasteiger partial charge in [-0.05, 0) is 0 Å². The maximum absolute atomic E-state index is 7.17. The van der Waals surface area contributed by atoms with Crippen LogP contribution < -0.4 is 18.9 Å². The molecular weight excluding hydrogens is 1120 g/mol. The summed E-state index contributed by atoms with van der Waals surface area (Å²) in [6, 6.07) is 0. The number of rotatable bonds is 0. The van der Waals surface area contributed by atoms with E-state index in [-0.39, 0.29) is 156 Å². The van der Waals surface area contributed by atoms with Crippen molar-refractivity contribution in [1.82, 2.24) is 0 Å². The van der Waals surface area contributed by atoms with E-state index in [1.165, 1.54) is 0 Å². The molecule has 0 aliphatic carbocycles. The van der Waals surface area contributed by atoms with Gasteiger partial charge in [-0.2, -0.15) is 0 Å². The molecule has 24 N–H and O–H groups in total. The van der Waals surface area contributed by atoms with E-state index < -0.39 is 58.6 Å². The Labute approximate surface area is 332 Å². The molecule has 41 heavy (non-hydrogen) atoms. The molecule has 0 saturated carbocycles. The fourth-order valence-corrected chi connectivity index (χ4v) is 0. The van der Waals surface area contributed by atoms with Crippen LogP contribution in [0.4, 0.5) is 0 Å². The second kappa shape index (κ2) is 104. The number of halogens is 8. The van der Waals surface area contributed by atoms with E-state index in [0.717, 1.165) is 0 Å². The van der Waals surface area contributed by atoms with E-state index in [2.05, 4.69) is 0 Å². The minimum Gasteiger partial charge on any atom is -1.00 e. The summed E-state index contributed by atoms with van der Waals surface area (Å²) >= 11 is 0. The number of hydrogen-bond acceptors (Lipinski definition) is 24. The topological polar surface area (TPSA) is 486 Å². The molecule has 0 unspecified atom stereocenters. The van der Waals surface area contributed by atoms with Crippen LogP contribution >= 0.6 is 136 Å². The molecule has 0 aliphatic heterocycles. The number of hydrogen-bond donors (Lipinski definition) is 24. The Hall–Kier alpha value is 4.00. The zero-order valence-electron chi connectivity index (χ0n) is 20.6. The van der Waals surface area contributed by atoms with Crippen LogP contribution in [0.15, 0.2) is 0 Å². The SMILES string of the molecule is Br.Br.Br.Br.Br.Br.Br.Br.OB(O)O.OB(O)O.OB(O)O.OB(O)O.OB(O)O.OB(O)O.OB(O)O.OB(O)O.[H-].[Li+]. The van der Waals surface area contributed by atoms with Crippen LogP contribution in [-0.4, -0.2) is 179 Å². The van der Waals surface area contributed by atoms with Crippen molar-refractivity contribution in [2.24, 2.45) is 0 Å². The summed E-state index contributed by atoms with van der Waals surface area (Å²) in [7, 11) is -17.3. The molecule has 0 saturated heterocycles. The van der Waals surface area contributed by atoms with Gasteiger partial charge in [0.05, 0.1) is 0 Å². The Kier molecular flexibility index (Phi) is 281. The van der Waals surface area contributed by atoms with Crippen LogP contribution in [0.1, 0.15) is 1.43 Å². The van der Waals surface area contributed by atoms with Gasteiger partial charge in [0.15, 0.2) is 0 Å². The average Bonchev–Trinajstić information content (AvgIpc) is 2.30. The Balaban J connectivity index is -0.00000000947. The van der Waals surface area contributed by atoms with E-state index in [9.17, 15) is 0 Å². The van der Waals surface area contributed by atoms with Crippen LogP contribution in [0.3, 0.4) is 0 Å². The Bertz CT molecular complexity index is 178. The van der Waals surface area contributed by atoms with Crippen molar-refractivity contribution >= 4 is 194 Å². The normalized spacial score (nSPS) is 5.27. The van der Waals surface area contributed by atoms with E-state index in [4.69, 9.17) is 121 Å². The van der Waals surface area contributed by atoms with E-state index >= 15 is 0 Å². The molecule has 0 rings (SSSR count). The van der Waals surface area contributed by atoms with Crippen molar-refractivity contribution in [3.8, 4) is 0 Å². The van der Waals surface area contributed by atoms with Crippen LogP contribution in [0, 0.1) is 0 Å². The minimum absolute atomic E-state index is 0. The molecule has 41 heteroatoms. The van der Waals surface area contributed by atoms with Crippen LogP contribution in [0.25, 0.3) is 0 Å². The third kappa shape index (κ3) is 4860. The molecule has 0 atom stereocenters. The molecule has 0 aliphatic rings. The predicted molar refractivity (Wildman–Crippen MR) is 183 cm³/mol. The van der Waals surface area contributed by atoms with E-state index in [1.54, 1.807) is 0 Å². The third-order valence-corrected chi connectivity index (χ3v) is 0. The smallest absolute Gasteiger partial charge is 1.00 e. The first kappa shape index (κ1) is 111. The Morgan fingerprint density at radius 3 is 0.171 bits per heavy atom. The van der Waals surface area contributed by atoms with Crippen LogP contribution in [-0.2, 0) is 0 Å². The molecule has 0 spiro atoms. The Morgan fingerprint density at radius 2 is 0.171 bits per heavy atom. The minimum atomic E-state index is -2.17. The van der Waals surface area contributed by atoms with Gasteiger partial charge in [0.25, 0.3) is 0 Å². The quantitative estimate of drug-likeness (QED) is 0.100. The summed E-state index contributed by atoms with van der Waals surface area (Å²) in [6.07, 6.45) is 0. The molecule has 0 aromatic carbocycles. The largest absolute Gasteiger partial charge is 1.00 e. The van der Waals surface area contributed by atoms with Gasteiger partial charge in [-0.25, -0.2) is 0 Å². The first-order valence-electron chi connectivity index (χ1n) is 6.20. The van der Waals surface area contributed by atoms with Gasteiger partial charge in [-0.15, -0.1) is 136 Å². The van der Waals surface area contributed by atoms with Crippen molar-refractivity contribution in [2.75, 3.05) is 0 Å². The summed E-state index contributed by atoms with van der Waals surface area (Å²) in [5.41, 5.74) is 0. The summed E-state index contributed by atoms with van der Waals surface area (Å²) in [5, 5.41) is 172. The second-order valence-electron chi connectivity index (χ2n) is 2.77. The standard InChI is InChI=1S/8BH3O3.8BrH.Li.H/c8*2-1(3)4;;;;;;;;;;/h8*2-4H;8*1H;;/q;;;;;;;;;;;;;;;;+1;-1. The van der Waals surface area contributed by atoms with E-state index in [0.29, 0.717) is 0 Å². The molecule has 0 bridgehead atoms. The molecule has 258 valence electrons. The molecule has 0 aromatic rings. The maximum atomic E-state index is 7.17. The molecule has 0 fully saturated rings. The van der Waals surface area contributed by atoms with Crippen molar-refractivity contribution in [3.05, 3.63) is 0 Å². The third-order valence-electron chi connectivity index (χ3n) is 0.